The van der Waals surface area contributed by atoms with Crippen molar-refractivity contribution in [2.75, 3.05) is 18.5 Å². The molecule has 1 aromatic heterocycles. The van der Waals surface area contributed by atoms with Gasteiger partial charge in [-0.3, -0.25) is 4.79 Å². The number of aliphatic hydroxyl groups is 1. The Hall–Kier alpha value is -3.85. The smallest absolute Gasteiger partial charge is 0.366 e. The van der Waals surface area contributed by atoms with E-state index < -0.39 is 22.9 Å². The molecule has 0 saturated carbocycles. The first kappa shape index (κ1) is 27.7. The fourth-order valence-electron chi connectivity index (χ4n) is 4.94. The van der Waals surface area contributed by atoms with Crippen molar-refractivity contribution in [3.63, 3.8) is 0 Å². The molecule has 1 amide bonds. The van der Waals surface area contributed by atoms with E-state index in [9.17, 15) is 14.7 Å². The summed E-state index contributed by atoms with van der Waals surface area (Å²) >= 11 is 0. The third kappa shape index (κ3) is 5.43. The van der Waals surface area contributed by atoms with Crippen LogP contribution in [0.5, 0.6) is 0 Å². The van der Waals surface area contributed by atoms with E-state index in [1.54, 1.807) is 37.3 Å². The minimum atomic E-state index is -1.90. The van der Waals surface area contributed by atoms with Crippen molar-refractivity contribution in [3.05, 3.63) is 105 Å². The summed E-state index contributed by atoms with van der Waals surface area (Å²) in [6.45, 7) is 10.8. The maximum Gasteiger partial charge on any atom is 0.366 e. The predicted molar refractivity (Wildman–Crippen MR) is 152 cm³/mol. The second-order valence-electron chi connectivity index (χ2n) is 11.6. The molecule has 0 spiro atoms. The maximum absolute atomic E-state index is 13.8. The highest BCUT2D eigenvalue weighted by molar-refractivity contribution is 6.00. The van der Waals surface area contributed by atoms with E-state index in [0.717, 1.165) is 16.7 Å². The molecule has 0 aliphatic carbocycles. The van der Waals surface area contributed by atoms with E-state index in [-0.39, 0.29) is 11.8 Å². The number of aromatic nitrogens is 1. The number of rotatable bonds is 6. The van der Waals surface area contributed by atoms with E-state index in [4.69, 9.17) is 14.0 Å². The number of amides is 1. The summed E-state index contributed by atoms with van der Waals surface area (Å²) < 4.78 is 17.0. The van der Waals surface area contributed by atoms with E-state index in [2.05, 4.69) is 24.3 Å². The predicted octanol–water partition coefficient (Wildman–Crippen LogP) is 5.12. The van der Waals surface area contributed by atoms with E-state index in [0.29, 0.717) is 40.9 Å². The van der Waals surface area contributed by atoms with Crippen LogP contribution in [0.2, 0.25) is 0 Å². The van der Waals surface area contributed by atoms with Gasteiger partial charge in [-0.15, -0.1) is 0 Å². The number of carbonyl (C=O) groups excluding carboxylic acids is 1. The number of hydrogen-bond donors (Lipinski definition) is 2. The summed E-state index contributed by atoms with van der Waals surface area (Å²) in [7, 11) is 0. The lowest BCUT2D eigenvalue weighted by molar-refractivity contribution is -0.298. The Balaban J connectivity index is 1.49. The minimum Gasteiger partial charge on any atom is -0.375 e. The maximum atomic E-state index is 13.8. The summed E-state index contributed by atoms with van der Waals surface area (Å²) in [5.41, 5.74) is 1.45. The molecule has 40 heavy (non-hydrogen) atoms. The summed E-state index contributed by atoms with van der Waals surface area (Å²) in [4.78, 5) is 25.9. The van der Waals surface area contributed by atoms with Gasteiger partial charge in [0.05, 0.1) is 24.3 Å². The van der Waals surface area contributed by atoms with Crippen molar-refractivity contribution >= 4 is 22.4 Å². The van der Waals surface area contributed by atoms with Gasteiger partial charge in [0.1, 0.15) is 0 Å². The Morgan fingerprint density at radius 3 is 2.35 bits per heavy atom. The van der Waals surface area contributed by atoms with Crippen molar-refractivity contribution in [2.45, 2.75) is 52.4 Å². The SMILES string of the molecule is Cc1cccc(CC(O)(C(=O)Nc2ccc3c(=O)onc(C)c3c2)c2ccc(C3(C)OCC(C)(C)CO3)cc2)c1. The molecular formula is C32H34N2O6. The summed E-state index contributed by atoms with van der Waals surface area (Å²) in [6, 6.07) is 19.7. The molecule has 0 bridgehead atoms. The summed E-state index contributed by atoms with van der Waals surface area (Å²) in [6.07, 6.45) is 0.0517. The molecule has 1 fully saturated rings. The van der Waals surface area contributed by atoms with Gasteiger partial charge < -0.3 is 24.4 Å². The van der Waals surface area contributed by atoms with Crippen LogP contribution < -0.4 is 10.9 Å². The highest BCUT2D eigenvalue weighted by Crippen LogP contribution is 2.37. The molecular weight excluding hydrogens is 508 g/mol. The molecule has 8 heteroatoms. The first-order valence-corrected chi connectivity index (χ1v) is 13.3. The van der Waals surface area contributed by atoms with Gasteiger partial charge in [0.2, 0.25) is 0 Å². The van der Waals surface area contributed by atoms with Crippen LogP contribution in [0, 0.1) is 19.3 Å². The number of carbonyl (C=O) groups is 1. The molecule has 3 aromatic carbocycles. The second kappa shape index (κ2) is 10.3. The number of nitrogens with zero attached hydrogens (tertiary/aromatic N) is 1. The van der Waals surface area contributed by atoms with Gasteiger partial charge in [0, 0.05) is 28.5 Å². The van der Waals surface area contributed by atoms with Crippen LogP contribution in [-0.4, -0.2) is 29.4 Å². The zero-order chi connectivity index (χ0) is 28.7. The molecule has 5 rings (SSSR count). The molecule has 208 valence electrons. The van der Waals surface area contributed by atoms with Crippen LogP contribution in [0.25, 0.3) is 10.8 Å². The van der Waals surface area contributed by atoms with Crippen molar-refractivity contribution < 1.29 is 23.9 Å². The Morgan fingerprint density at radius 1 is 0.975 bits per heavy atom. The Bertz CT molecular complexity index is 1620. The minimum absolute atomic E-state index is 0.0517. The fourth-order valence-corrected chi connectivity index (χ4v) is 4.94. The highest BCUT2D eigenvalue weighted by atomic mass is 16.7. The average Bonchev–Trinajstić information content (AvgIpc) is 2.93. The number of anilines is 1. The first-order valence-electron chi connectivity index (χ1n) is 13.3. The zero-order valence-corrected chi connectivity index (χ0v) is 23.4. The van der Waals surface area contributed by atoms with Crippen molar-refractivity contribution in [1.82, 2.24) is 5.16 Å². The number of fused-ring (bicyclic) bond motifs is 1. The molecule has 1 saturated heterocycles. The lowest BCUT2D eigenvalue weighted by atomic mass is 9.85. The normalized spacial score (nSPS) is 17.8. The molecule has 1 atom stereocenters. The fraction of sp³-hybridized carbons (Fsp3) is 0.344. The van der Waals surface area contributed by atoms with Gasteiger partial charge in [-0.1, -0.05) is 73.1 Å². The lowest BCUT2D eigenvalue weighted by Gasteiger charge is -2.41. The van der Waals surface area contributed by atoms with Gasteiger partial charge in [0.25, 0.3) is 5.91 Å². The molecule has 1 aliphatic heterocycles. The third-order valence-electron chi connectivity index (χ3n) is 7.43. The van der Waals surface area contributed by atoms with E-state index in [1.165, 1.54) is 0 Å². The number of ether oxygens (including phenoxy) is 2. The van der Waals surface area contributed by atoms with Gasteiger partial charge in [-0.05, 0) is 50.1 Å². The van der Waals surface area contributed by atoms with E-state index >= 15 is 0 Å². The van der Waals surface area contributed by atoms with Crippen LogP contribution in [0.1, 0.15) is 48.7 Å². The standard InChI is InChI=1S/C32H34N2O6/c1-20-7-6-8-22(15-20)17-32(37,24-11-9-23(10-12-24)31(5)38-18-30(3,4)19-39-31)29(36)33-25-13-14-26-27(16-25)21(2)34-40-28(26)35/h6-16,37H,17-19H2,1-5H3,(H,33,36). The van der Waals surface area contributed by atoms with E-state index in [1.807, 2.05) is 50.2 Å². The van der Waals surface area contributed by atoms with Crippen molar-refractivity contribution in [1.29, 1.82) is 0 Å². The number of hydrogen-bond acceptors (Lipinski definition) is 7. The molecule has 1 unspecified atom stereocenters. The summed E-state index contributed by atoms with van der Waals surface area (Å²) in [5, 5.41) is 19.6. The average molecular weight is 543 g/mol. The second-order valence-corrected chi connectivity index (χ2v) is 11.6. The van der Waals surface area contributed by atoms with Crippen LogP contribution in [0.4, 0.5) is 5.69 Å². The first-order chi connectivity index (χ1) is 18.9. The van der Waals surface area contributed by atoms with Crippen molar-refractivity contribution in [2.24, 2.45) is 5.41 Å². The number of nitrogens with one attached hydrogen (secondary N) is 1. The highest BCUT2D eigenvalue weighted by Gasteiger charge is 2.41. The van der Waals surface area contributed by atoms with Crippen LogP contribution >= 0.6 is 0 Å². The lowest BCUT2D eigenvalue weighted by Crippen LogP contribution is -2.44. The summed E-state index contributed by atoms with van der Waals surface area (Å²) in [5.74, 6) is -1.53. The van der Waals surface area contributed by atoms with Gasteiger partial charge >= 0.3 is 5.63 Å². The topological polar surface area (TPSA) is 111 Å². The molecule has 1 aliphatic rings. The Kier molecular flexibility index (Phi) is 7.12. The molecule has 0 radical (unpaired) electrons. The van der Waals surface area contributed by atoms with Crippen LogP contribution in [0.3, 0.4) is 0 Å². The Morgan fingerprint density at radius 2 is 1.68 bits per heavy atom. The molecule has 8 nitrogen and oxygen atoms in total. The van der Waals surface area contributed by atoms with Gasteiger partial charge in [-0.25, -0.2) is 4.79 Å². The Labute approximate surface area is 232 Å². The molecule has 2 N–H and O–H groups in total. The van der Waals surface area contributed by atoms with Crippen molar-refractivity contribution in [3.8, 4) is 0 Å². The number of aryl methyl sites for hydroxylation is 2. The quantitative estimate of drug-likeness (QED) is 0.348. The zero-order valence-electron chi connectivity index (χ0n) is 23.4. The van der Waals surface area contributed by atoms with Gasteiger partial charge in [0.15, 0.2) is 11.4 Å². The third-order valence-corrected chi connectivity index (χ3v) is 7.43. The molecule has 4 aromatic rings. The molecule has 2 heterocycles. The van der Waals surface area contributed by atoms with Crippen LogP contribution in [0.15, 0.2) is 76.0 Å². The van der Waals surface area contributed by atoms with Crippen LogP contribution in [-0.2, 0) is 32.1 Å². The largest absolute Gasteiger partial charge is 0.375 e. The van der Waals surface area contributed by atoms with Gasteiger partial charge in [-0.2, -0.15) is 0 Å². The monoisotopic (exact) mass is 542 g/mol. The number of benzene rings is 3.